The van der Waals surface area contributed by atoms with Crippen LogP contribution in [0.2, 0.25) is 0 Å². The maximum Gasteiger partial charge on any atom is 0.407 e. The number of nitrogens with zero attached hydrogens (tertiary/aromatic N) is 2. The van der Waals surface area contributed by atoms with E-state index in [2.05, 4.69) is 4.98 Å². The second kappa shape index (κ2) is 5.72. The van der Waals surface area contributed by atoms with Crippen LogP contribution in [0, 0.1) is 0 Å². The Kier molecular flexibility index (Phi) is 4.17. The van der Waals surface area contributed by atoms with Gasteiger partial charge in [0.2, 0.25) is 5.88 Å². The van der Waals surface area contributed by atoms with Gasteiger partial charge in [0, 0.05) is 25.5 Å². The van der Waals surface area contributed by atoms with Crippen LogP contribution in [-0.4, -0.2) is 56.0 Å². The second-order valence-corrected chi connectivity index (χ2v) is 6.71. The van der Waals surface area contributed by atoms with Gasteiger partial charge in [-0.2, -0.15) is 0 Å². The Morgan fingerprint density at radius 2 is 2.19 bits per heavy atom. The van der Waals surface area contributed by atoms with Crippen molar-refractivity contribution in [3.05, 3.63) is 23.9 Å². The molecule has 1 aromatic heterocycles. The van der Waals surface area contributed by atoms with Crippen LogP contribution in [0.25, 0.3) is 5.57 Å². The summed E-state index contributed by atoms with van der Waals surface area (Å²) < 4.78 is 28.5. The standard InChI is InChI=1S/C13H16N2O5S/c1-20-12-11(21(2,18)19)6-10(7-14-12)9-4-3-5-15(8-9)13(16)17/h4,6-7H,3,5,8H2,1-2H3,(H,16,17). The van der Waals surface area contributed by atoms with E-state index in [1.54, 1.807) is 0 Å². The van der Waals surface area contributed by atoms with E-state index in [0.29, 0.717) is 18.5 Å². The van der Waals surface area contributed by atoms with Gasteiger partial charge >= 0.3 is 6.09 Å². The molecule has 114 valence electrons. The third-order valence-corrected chi connectivity index (χ3v) is 4.29. The molecule has 1 aliphatic rings. The van der Waals surface area contributed by atoms with Gasteiger partial charge in [0.25, 0.3) is 0 Å². The molecular weight excluding hydrogens is 296 g/mol. The fourth-order valence-electron chi connectivity index (χ4n) is 2.14. The lowest BCUT2D eigenvalue weighted by Gasteiger charge is -2.25. The highest BCUT2D eigenvalue weighted by atomic mass is 32.2. The van der Waals surface area contributed by atoms with E-state index < -0.39 is 15.9 Å². The maximum atomic E-state index is 11.8. The number of sulfone groups is 1. The van der Waals surface area contributed by atoms with E-state index in [1.165, 1.54) is 24.3 Å². The number of pyridine rings is 1. The average Bonchev–Trinajstić information content (AvgIpc) is 2.45. The number of ether oxygens (including phenoxy) is 1. The lowest BCUT2D eigenvalue weighted by molar-refractivity contribution is 0.150. The van der Waals surface area contributed by atoms with Gasteiger partial charge in [-0.3, -0.25) is 0 Å². The first kappa shape index (κ1) is 15.3. The number of rotatable bonds is 3. The molecule has 0 fully saturated rings. The number of amides is 1. The van der Waals surface area contributed by atoms with Gasteiger partial charge < -0.3 is 14.7 Å². The van der Waals surface area contributed by atoms with Gasteiger partial charge in [-0.25, -0.2) is 18.2 Å². The maximum absolute atomic E-state index is 11.8. The van der Waals surface area contributed by atoms with E-state index in [1.807, 2.05) is 6.08 Å². The van der Waals surface area contributed by atoms with Crippen LogP contribution in [0.1, 0.15) is 12.0 Å². The highest BCUT2D eigenvalue weighted by molar-refractivity contribution is 7.90. The largest absolute Gasteiger partial charge is 0.480 e. The van der Waals surface area contributed by atoms with Crippen molar-refractivity contribution in [3.63, 3.8) is 0 Å². The van der Waals surface area contributed by atoms with Gasteiger partial charge in [0.05, 0.1) is 7.11 Å². The molecule has 0 unspecified atom stereocenters. The quantitative estimate of drug-likeness (QED) is 0.902. The van der Waals surface area contributed by atoms with Crippen molar-refractivity contribution in [1.29, 1.82) is 0 Å². The summed E-state index contributed by atoms with van der Waals surface area (Å²) in [7, 11) is -2.13. The minimum absolute atomic E-state index is 0.00384. The molecule has 1 N–H and O–H groups in total. The first-order chi connectivity index (χ1) is 9.82. The van der Waals surface area contributed by atoms with Gasteiger partial charge in [-0.1, -0.05) is 6.08 Å². The van der Waals surface area contributed by atoms with Crippen LogP contribution in [0.3, 0.4) is 0 Å². The number of hydrogen-bond acceptors (Lipinski definition) is 5. The Morgan fingerprint density at radius 3 is 2.76 bits per heavy atom. The van der Waals surface area contributed by atoms with E-state index in [0.717, 1.165) is 11.8 Å². The van der Waals surface area contributed by atoms with Crippen molar-refractivity contribution in [2.75, 3.05) is 26.5 Å². The van der Waals surface area contributed by atoms with Crippen molar-refractivity contribution < 1.29 is 23.1 Å². The van der Waals surface area contributed by atoms with Crippen LogP contribution in [0.4, 0.5) is 4.79 Å². The van der Waals surface area contributed by atoms with Crippen molar-refractivity contribution >= 4 is 21.5 Å². The molecule has 0 atom stereocenters. The number of aromatic nitrogens is 1. The molecule has 0 bridgehead atoms. The molecule has 8 heteroatoms. The summed E-state index contributed by atoms with van der Waals surface area (Å²) in [5.41, 5.74) is 1.32. The summed E-state index contributed by atoms with van der Waals surface area (Å²) >= 11 is 0. The highest BCUT2D eigenvalue weighted by Crippen LogP contribution is 2.27. The number of carboxylic acid groups (broad SMARTS) is 1. The Morgan fingerprint density at radius 1 is 1.48 bits per heavy atom. The zero-order valence-corrected chi connectivity index (χ0v) is 12.6. The predicted molar refractivity (Wildman–Crippen MR) is 76.1 cm³/mol. The van der Waals surface area contributed by atoms with Gasteiger partial charge in [0.15, 0.2) is 9.84 Å². The highest BCUT2D eigenvalue weighted by Gasteiger charge is 2.21. The van der Waals surface area contributed by atoms with E-state index in [-0.39, 0.29) is 17.3 Å². The van der Waals surface area contributed by atoms with Gasteiger partial charge in [0.1, 0.15) is 4.90 Å². The zero-order valence-electron chi connectivity index (χ0n) is 11.7. The third-order valence-electron chi connectivity index (χ3n) is 3.20. The molecule has 0 spiro atoms. The van der Waals surface area contributed by atoms with Crippen molar-refractivity contribution in [3.8, 4) is 5.88 Å². The van der Waals surface area contributed by atoms with Crippen LogP contribution >= 0.6 is 0 Å². The molecule has 0 saturated carbocycles. The van der Waals surface area contributed by atoms with Gasteiger partial charge in [-0.15, -0.1) is 0 Å². The minimum atomic E-state index is -3.48. The van der Waals surface area contributed by atoms with Crippen LogP contribution in [0.5, 0.6) is 5.88 Å². The number of hydrogen-bond donors (Lipinski definition) is 1. The van der Waals surface area contributed by atoms with E-state index in [9.17, 15) is 13.2 Å². The number of methoxy groups -OCH3 is 1. The van der Waals surface area contributed by atoms with Crippen LogP contribution in [-0.2, 0) is 9.84 Å². The SMILES string of the molecule is COc1ncc(C2=CCCN(C(=O)O)C2)cc1S(C)(=O)=O. The average molecular weight is 312 g/mol. The topological polar surface area (TPSA) is 96.8 Å². The predicted octanol–water partition coefficient (Wildman–Crippen LogP) is 1.26. The first-order valence-corrected chi connectivity index (χ1v) is 8.13. The van der Waals surface area contributed by atoms with E-state index >= 15 is 0 Å². The Hall–Kier alpha value is -2.09. The summed E-state index contributed by atoms with van der Waals surface area (Å²) in [6.45, 7) is 0.647. The molecule has 1 aliphatic heterocycles. The van der Waals surface area contributed by atoms with Crippen molar-refractivity contribution in [1.82, 2.24) is 9.88 Å². The molecule has 21 heavy (non-hydrogen) atoms. The molecule has 0 aromatic carbocycles. The molecule has 0 aliphatic carbocycles. The molecule has 1 amide bonds. The summed E-state index contributed by atoms with van der Waals surface area (Å²) in [4.78, 5) is 16.3. The Bertz CT molecular complexity index is 697. The van der Waals surface area contributed by atoms with Crippen molar-refractivity contribution in [2.24, 2.45) is 0 Å². The number of carbonyl (C=O) groups is 1. The molecule has 7 nitrogen and oxygen atoms in total. The van der Waals surface area contributed by atoms with Crippen LogP contribution < -0.4 is 4.74 Å². The molecule has 2 heterocycles. The molecule has 0 radical (unpaired) electrons. The zero-order chi connectivity index (χ0) is 15.6. The summed E-state index contributed by atoms with van der Waals surface area (Å²) in [5.74, 6) is 0.0350. The Labute approximate surface area is 122 Å². The second-order valence-electron chi connectivity index (χ2n) is 4.73. The van der Waals surface area contributed by atoms with E-state index in [4.69, 9.17) is 9.84 Å². The fraction of sp³-hybridized carbons (Fsp3) is 0.385. The van der Waals surface area contributed by atoms with Gasteiger partial charge in [-0.05, 0) is 23.6 Å². The minimum Gasteiger partial charge on any atom is -0.480 e. The third kappa shape index (κ3) is 3.33. The fourth-order valence-corrected chi connectivity index (χ4v) is 2.94. The normalized spacial score (nSPS) is 15.5. The molecule has 2 rings (SSSR count). The summed E-state index contributed by atoms with van der Waals surface area (Å²) in [5, 5.41) is 9.04. The lowest BCUT2D eigenvalue weighted by atomic mass is 10.0. The Balaban J connectivity index is 2.42. The summed E-state index contributed by atoms with van der Waals surface area (Å²) in [6.07, 6.45) is 4.06. The van der Waals surface area contributed by atoms with Crippen LogP contribution in [0.15, 0.2) is 23.2 Å². The smallest absolute Gasteiger partial charge is 0.407 e. The molecule has 1 aromatic rings. The lowest BCUT2D eigenvalue weighted by Crippen LogP contribution is -2.34. The van der Waals surface area contributed by atoms with Crippen molar-refractivity contribution in [2.45, 2.75) is 11.3 Å². The first-order valence-electron chi connectivity index (χ1n) is 6.24. The summed E-state index contributed by atoms with van der Waals surface area (Å²) in [6, 6.07) is 1.47. The molecule has 0 saturated heterocycles. The monoisotopic (exact) mass is 312 g/mol. The molecular formula is C13H16N2O5S.